The number of nitrogens with zero attached hydrogens (tertiary/aromatic N) is 4. The predicted octanol–water partition coefficient (Wildman–Crippen LogP) is 1.01. The van der Waals surface area contributed by atoms with Crippen molar-refractivity contribution in [2.24, 2.45) is 14.1 Å². The van der Waals surface area contributed by atoms with E-state index in [1.54, 1.807) is 42.9 Å². The number of rotatable bonds is 5. The minimum Gasteiger partial charge on any atom is -0.455 e. The van der Waals surface area contributed by atoms with Crippen molar-refractivity contribution >= 4 is 28.3 Å². The first kappa shape index (κ1) is 19.3. The quantitative estimate of drug-likeness (QED) is 0.659. The molecular formula is C19H21N5O4. The van der Waals surface area contributed by atoms with Gasteiger partial charge in [-0.05, 0) is 19.9 Å². The van der Waals surface area contributed by atoms with E-state index >= 15 is 0 Å². The zero-order valence-electron chi connectivity index (χ0n) is 16.1. The highest BCUT2D eigenvalue weighted by Gasteiger charge is 2.16. The fraction of sp³-hybridized carbons (Fsp3) is 0.316. The number of aryl methyl sites for hydroxylation is 3. The lowest BCUT2D eigenvalue weighted by atomic mass is 10.1. The van der Waals surface area contributed by atoms with E-state index < -0.39 is 18.5 Å². The third-order valence-corrected chi connectivity index (χ3v) is 4.48. The highest BCUT2D eigenvalue weighted by molar-refractivity contribution is 5.94. The Morgan fingerprint density at radius 1 is 1.07 bits per heavy atom. The minimum atomic E-state index is -0.605. The Labute approximate surface area is 160 Å². The summed E-state index contributed by atoms with van der Waals surface area (Å²) < 4.78 is 7.93. The van der Waals surface area contributed by atoms with Crippen molar-refractivity contribution in [1.29, 1.82) is 0 Å². The molecule has 3 aromatic rings. The summed E-state index contributed by atoms with van der Waals surface area (Å²) in [5, 5.41) is 12.1. The van der Waals surface area contributed by atoms with Gasteiger partial charge in [0, 0.05) is 19.5 Å². The summed E-state index contributed by atoms with van der Waals surface area (Å²) in [6, 6.07) is 6.93. The maximum Gasteiger partial charge on any atom is 0.312 e. The summed E-state index contributed by atoms with van der Waals surface area (Å²) in [6.45, 7) is 3.19. The van der Waals surface area contributed by atoms with Crippen molar-refractivity contribution in [3.8, 4) is 0 Å². The number of benzene rings is 1. The number of fused-ring (bicyclic) bond motifs is 1. The molecule has 0 unspecified atom stereocenters. The molecule has 0 fully saturated rings. The van der Waals surface area contributed by atoms with E-state index in [-0.39, 0.29) is 12.0 Å². The topological polar surface area (TPSA) is 108 Å². The zero-order chi connectivity index (χ0) is 20.4. The second-order valence-electron chi connectivity index (χ2n) is 6.48. The van der Waals surface area contributed by atoms with E-state index in [2.05, 4.69) is 15.5 Å². The number of hydrogen-bond donors (Lipinski definition) is 1. The van der Waals surface area contributed by atoms with Gasteiger partial charge in [-0.2, -0.15) is 10.2 Å². The molecule has 146 valence electrons. The maximum atomic E-state index is 12.2. The number of amides is 1. The van der Waals surface area contributed by atoms with Gasteiger partial charge in [-0.15, -0.1) is 0 Å². The predicted molar refractivity (Wildman–Crippen MR) is 103 cm³/mol. The van der Waals surface area contributed by atoms with Crippen LogP contribution in [0.2, 0.25) is 0 Å². The van der Waals surface area contributed by atoms with Crippen LogP contribution in [-0.2, 0) is 34.8 Å². The van der Waals surface area contributed by atoms with Crippen molar-refractivity contribution in [2.75, 3.05) is 11.9 Å². The van der Waals surface area contributed by atoms with Crippen LogP contribution < -0.4 is 10.9 Å². The third kappa shape index (κ3) is 3.78. The molecule has 28 heavy (non-hydrogen) atoms. The lowest BCUT2D eigenvalue weighted by Gasteiger charge is -2.09. The van der Waals surface area contributed by atoms with E-state index in [0.717, 1.165) is 5.69 Å². The molecule has 0 atom stereocenters. The van der Waals surface area contributed by atoms with Gasteiger partial charge in [-0.1, -0.05) is 18.2 Å². The van der Waals surface area contributed by atoms with Gasteiger partial charge >= 0.3 is 5.97 Å². The summed E-state index contributed by atoms with van der Waals surface area (Å²) in [7, 11) is 3.30. The number of carbonyl (C=O) groups excluding carboxylic acids is 2. The standard InChI is InChI=1S/C19H21N5O4/c1-11-18(12(2)23(3)21-11)20-16(25)10-28-17(26)9-15-13-7-5-6-8-14(13)19(27)24(4)22-15/h5-8H,9-10H2,1-4H3,(H,20,25). The van der Waals surface area contributed by atoms with E-state index in [1.165, 1.54) is 11.7 Å². The Bertz CT molecular complexity index is 1130. The molecule has 9 nitrogen and oxygen atoms in total. The molecule has 0 radical (unpaired) electrons. The summed E-state index contributed by atoms with van der Waals surface area (Å²) in [5.41, 5.74) is 2.27. The minimum absolute atomic E-state index is 0.146. The molecule has 0 bridgehead atoms. The number of carbonyl (C=O) groups is 2. The molecule has 0 aliphatic heterocycles. The molecule has 0 saturated heterocycles. The van der Waals surface area contributed by atoms with Gasteiger partial charge in [0.25, 0.3) is 11.5 Å². The van der Waals surface area contributed by atoms with Crippen molar-refractivity contribution in [3.05, 3.63) is 51.7 Å². The normalized spacial score (nSPS) is 10.9. The third-order valence-electron chi connectivity index (χ3n) is 4.48. The Hall–Kier alpha value is -3.49. The molecule has 1 N–H and O–H groups in total. The Kier molecular flexibility index (Phi) is 5.25. The Balaban J connectivity index is 1.67. The maximum absolute atomic E-state index is 12.2. The van der Waals surface area contributed by atoms with E-state index in [1.807, 2.05) is 6.92 Å². The van der Waals surface area contributed by atoms with Crippen LogP contribution in [0.25, 0.3) is 10.8 Å². The summed E-state index contributed by atoms with van der Waals surface area (Å²) in [4.78, 5) is 36.4. The van der Waals surface area contributed by atoms with Gasteiger partial charge in [0.15, 0.2) is 6.61 Å². The van der Waals surface area contributed by atoms with Gasteiger partial charge in [0.1, 0.15) is 0 Å². The molecule has 2 aromatic heterocycles. The van der Waals surface area contributed by atoms with Crippen LogP contribution in [0, 0.1) is 13.8 Å². The number of anilines is 1. The number of ether oxygens (including phenoxy) is 1. The molecule has 0 aliphatic rings. The number of hydrogen-bond acceptors (Lipinski definition) is 6. The number of nitrogens with one attached hydrogen (secondary N) is 1. The lowest BCUT2D eigenvalue weighted by Crippen LogP contribution is -2.25. The van der Waals surface area contributed by atoms with Crippen LogP contribution in [0.15, 0.2) is 29.1 Å². The molecule has 0 spiro atoms. The molecule has 0 aliphatic carbocycles. The van der Waals surface area contributed by atoms with Crippen molar-refractivity contribution < 1.29 is 14.3 Å². The fourth-order valence-electron chi connectivity index (χ4n) is 2.97. The van der Waals surface area contributed by atoms with Gasteiger partial charge in [-0.3, -0.25) is 19.1 Å². The largest absolute Gasteiger partial charge is 0.455 e. The molecule has 3 rings (SSSR count). The molecular weight excluding hydrogens is 362 g/mol. The van der Waals surface area contributed by atoms with Crippen molar-refractivity contribution in [1.82, 2.24) is 19.6 Å². The first-order valence-electron chi connectivity index (χ1n) is 8.68. The van der Waals surface area contributed by atoms with Crippen molar-refractivity contribution in [3.63, 3.8) is 0 Å². The zero-order valence-corrected chi connectivity index (χ0v) is 16.1. The van der Waals surface area contributed by atoms with Crippen LogP contribution in [-0.4, -0.2) is 38.0 Å². The van der Waals surface area contributed by atoms with Crippen LogP contribution >= 0.6 is 0 Å². The van der Waals surface area contributed by atoms with Crippen LogP contribution in [0.3, 0.4) is 0 Å². The van der Waals surface area contributed by atoms with Gasteiger partial charge in [-0.25, -0.2) is 4.68 Å². The van der Waals surface area contributed by atoms with Crippen LogP contribution in [0.4, 0.5) is 5.69 Å². The molecule has 1 amide bonds. The number of esters is 1. The van der Waals surface area contributed by atoms with Crippen molar-refractivity contribution in [2.45, 2.75) is 20.3 Å². The average molecular weight is 383 g/mol. The smallest absolute Gasteiger partial charge is 0.312 e. The summed E-state index contributed by atoms with van der Waals surface area (Å²) >= 11 is 0. The first-order chi connectivity index (χ1) is 13.3. The second-order valence-corrected chi connectivity index (χ2v) is 6.48. The van der Waals surface area contributed by atoms with E-state index in [4.69, 9.17) is 4.74 Å². The molecule has 9 heteroatoms. The summed E-state index contributed by atoms with van der Waals surface area (Å²) in [6.07, 6.45) is -0.146. The Morgan fingerprint density at radius 3 is 2.39 bits per heavy atom. The second kappa shape index (κ2) is 7.63. The highest BCUT2D eigenvalue weighted by atomic mass is 16.5. The molecule has 2 heterocycles. The van der Waals surface area contributed by atoms with Crippen LogP contribution in [0.1, 0.15) is 17.1 Å². The monoisotopic (exact) mass is 383 g/mol. The Morgan fingerprint density at radius 2 is 1.75 bits per heavy atom. The van der Waals surface area contributed by atoms with Gasteiger partial charge < -0.3 is 10.1 Å². The van der Waals surface area contributed by atoms with E-state index in [0.29, 0.717) is 27.8 Å². The van der Waals surface area contributed by atoms with Crippen LogP contribution in [0.5, 0.6) is 0 Å². The summed E-state index contributed by atoms with van der Waals surface area (Å²) in [5.74, 6) is -1.06. The highest BCUT2D eigenvalue weighted by Crippen LogP contribution is 2.18. The SMILES string of the molecule is Cc1nn(C)c(C)c1NC(=O)COC(=O)Cc1nn(C)c(=O)c2ccccc12. The van der Waals surface area contributed by atoms with E-state index in [9.17, 15) is 14.4 Å². The molecule has 0 saturated carbocycles. The lowest BCUT2D eigenvalue weighted by molar-refractivity contribution is -0.146. The number of aromatic nitrogens is 4. The average Bonchev–Trinajstić information content (AvgIpc) is 2.90. The first-order valence-corrected chi connectivity index (χ1v) is 8.68. The van der Waals surface area contributed by atoms with Gasteiger partial charge in [0.2, 0.25) is 0 Å². The van der Waals surface area contributed by atoms with Gasteiger partial charge in [0.05, 0.1) is 34.6 Å². The molecule has 1 aromatic carbocycles. The fourth-order valence-corrected chi connectivity index (χ4v) is 2.97.